The van der Waals surface area contributed by atoms with Crippen molar-refractivity contribution in [2.45, 2.75) is 56.3 Å². The molecule has 17 heavy (non-hydrogen) atoms. The Kier molecular flexibility index (Phi) is 2.93. The molecule has 1 aromatic carbocycles. The first-order valence-corrected chi connectivity index (χ1v) is 6.74. The SMILES string of the molecule is O[C@H](c1ccccc1)[C@@]12CCCCCC[C@@H]1O2. The van der Waals surface area contributed by atoms with Crippen LogP contribution in [0.2, 0.25) is 0 Å². The molecule has 1 N–H and O–H groups in total. The Hall–Kier alpha value is -0.860. The molecule has 2 aliphatic rings. The highest BCUT2D eigenvalue weighted by Crippen LogP contribution is 2.53. The second-order valence-corrected chi connectivity index (χ2v) is 5.33. The maximum Gasteiger partial charge on any atom is 0.125 e. The van der Waals surface area contributed by atoms with Gasteiger partial charge in [0.05, 0.1) is 6.10 Å². The van der Waals surface area contributed by atoms with Gasteiger partial charge in [0.15, 0.2) is 0 Å². The average molecular weight is 232 g/mol. The Morgan fingerprint density at radius 3 is 2.71 bits per heavy atom. The van der Waals surface area contributed by atoms with Crippen LogP contribution in [-0.4, -0.2) is 16.8 Å². The molecule has 1 aromatic rings. The Balaban J connectivity index is 1.79. The van der Waals surface area contributed by atoms with Crippen molar-refractivity contribution in [3.05, 3.63) is 35.9 Å². The molecule has 2 heteroatoms. The van der Waals surface area contributed by atoms with Crippen molar-refractivity contribution in [1.82, 2.24) is 0 Å². The smallest absolute Gasteiger partial charge is 0.125 e. The van der Waals surface area contributed by atoms with E-state index in [4.69, 9.17) is 4.74 Å². The van der Waals surface area contributed by atoms with Crippen LogP contribution in [0.4, 0.5) is 0 Å². The number of aliphatic hydroxyl groups is 1. The lowest BCUT2D eigenvalue weighted by Gasteiger charge is -2.22. The van der Waals surface area contributed by atoms with Crippen LogP contribution in [0.1, 0.15) is 50.2 Å². The third-order valence-electron chi connectivity index (χ3n) is 4.21. The first kappa shape index (κ1) is 11.2. The van der Waals surface area contributed by atoms with Gasteiger partial charge in [0.2, 0.25) is 0 Å². The van der Waals surface area contributed by atoms with Crippen LogP contribution in [0.15, 0.2) is 30.3 Å². The summed E-state index contributed by atoms with van der Waals surface area (Å²) in [5, 5.41) is 10.5. The molecule has 1 saturated carbocycles. The molecule has 1 saturated heterocycles. The number of hydrogen-bond acceptors (Lipinski definition) is 2. The topological polar surface area (TPSA) is 32.8 Å². The highest BCUT2D eigenvalue weighted by Gasteiger charge is 2.60. The van der Waals surface area contributed by atoms with E-state index in [1.54, 1.807) is 0 Å². The maximum absolute atomic E-state index is 10.5. The van der Waals surface area contributed by atoms with E-state index >= 15 is 0 Å². The van der Waals surface area contributed by atoms with Crippen molar-refractivity contribution >= 4 is 0 Å². The summed E-state index contributed by atoms with van der Waals surface area (Å²) < 4.78 is 5.89. The van der Waals surface area contributed by atoms with E-state index in [2.05, 4.69) is 0 Å². The van der Waals surface area contributed by atoms with Crippen LogP contribution in [-0.2, 0) is 4.74 Å². The number of fused-ring (bicyclic) bond motifs is 1. The van der Waals surface area contributed by atoms with Gasteiger partial charge >= 0.3 is 0 Å². The maximum atomic E-state index is 10.5. The molecule has 0 aromatic heterocycles. The van der Waals surface area contributed by atoms with E-state index in [9.17, 15) is 5.11 Å². The zero-order valence-corrected chi connectivity index (χ0v) is 10.1. The van der Waals surface area contributed by atoms with Crippen molar-refractivity contribution < 1.29 is 9.84 Å². The fourth-order valence-corrected chi connectivity index (χ4v) is 3.13. The standard InChI is InChI=1S/C15H20O2/c16-14(12-8-4-3-5-9-12)15-11-7-2-1-6-10-13(15)17-15/h3-5,8-9,13-14,16H,1-2,6-7,10-11H2/t13-,14+,15+/m0/s1. The van der Waals surface area contributed by atoms with Crippen molar-refractivity contribution in [3.63, 3.8) is 0 Å². The monoisotopic (exact) mass is 232 g/mol. The van der Waals surface area contributed by atoms with Gasteiger partial charge in [-0.25, -0.2) is 0 Å². The van der Waals surface area contributed by atoms with Crippen LogP contribution >= 0.6 is 0 Å². The second kappa shape index (κ2) is 4.43. The molecule has 92 valence electrons. The largest absolute Gasteiger partial charge is 0.385 e. The molecule has 0 radical (unpaired) electrons. The highest BCUT2D eigenvalue weighted by molar-refractivity contribution is 5.24. The Morgan fingerprint density at radius 1 is 1.12 bits per heavy atom. The molecular weight excluding hydrogens is 212 g/mol. The van der Waals surface area contributed by atoms with E-state index in [1.165, 1.54) is 25.7 Å². The summed E-state index contributed by atoms with van der Waals surface area (Å²) in [4.78, 5) is 0. The van der Waals surface area contributed by atoms with E-state index in [0.29, 0.717) is 0 Å². The van der Waals surface area contributed by atoms with Gasteiger partial charge in [-0.2, -0.15) is 0 Å². The molecule has 2 fully saturated rings. The Labute approximate surface area is 103 Å². The van der Waals surface area contributed by atoms with E-state index < -0.39 is 6.10 Å². The average Bonchev–Trinajstić information content (AvgIpc) is 3.03. The van der Waals surface area contributed by atoms with Crippen molar-refractivity contribution in [2.24, 2.45) is 0 Å². The summed E-state index contributed by atoms with van der Waals surface area (Å²) in [6.07, 6.45) is 6.98. The molecule has 0 unspecified atom stereocenters. The zero-order valence-electron chi connectivity index (χ0n) is 10.1. The van der Waals surface area contributed by atoms with Gasteiger partial charge in [-0.3, -0.25) is 0 Å². The van der Waals surface area contributed by atoms with E-state index in [0.717, 1.165) is 18.4 Å². The molecule has 3 atom stereocenters. The number of rotatable bonds is 2. The lowest BCUT2D eigenvalue weighted by molar-refractivity contribution is 0.0671. The fourth-order valence-electron chi connectivity index (χ4n) is 3.13. The number of ether oxygens (including phenoxy) is 1. The van der Waals surface area contributed by atoms with Crippen LogP contribution < -0.4 is 0 Å². The third kappa shape index (κ3) is 2.00. The molecular formula is C15H20O2. The Bertz CT molecular complexity index is 376. The molecule has 1 aliphatic heterocycles. The van der Waals surface area contributed by atoms with Gasteiger partial charge in [0.1, 0.15) is 11.7 Å². The van der Waals surface area contributed by atoms with Gasteiger partial charge in [0, 0.05) is 0 Å². The summed E-state index contributed by atoms with van der Waals surface area (Å²) in [7, 11) is 0. The summed E-state index contributed by atoms with van der Waals surface area (Å²) in [6.45, 7) is 0. The van der Waals surface area contributed by atoms with Crippen LogP contribution in [0.25, 0.3) is 0 Å². The van der Waals surface area contributed by atoms with Crippen LogP contribution in [0.5, 0.6) is 0 Å². The summed E-state index contributed by atoms with van der Waals surface area (Å²) in [5.74, 6) is 0. The predicted octanol–water partition coefficient (Wildman–Crippen LogP) is 3.21. The molecule has 0 bridgehead atoms. The zero-order chi connectivity index (χ0) is 11.7. The summed E-state index contributed by atoms with van der Waals surface area (Å²) >= 11 is 0. The van der Waals surface area contributed by atoms with E-state index in [-0.39, 0.29) is 11.7 Å². The second-order valence-electron chi connectivity index (χ2n) is 5.33. The van der Waals surface area contributed by atoms with Crippen molar-refractivity contribution in [2.75, 3.05) is 0 Å². The van der Waals surface area contributed by atoms with Crippen molar-refractivity contribution in [3.8, 4) is 0 Å². The highest BCUT2D eigenvalue weighted by atomic mass is 16.6. The molecule has 2 nitrogen and oxygen atoms in total. The van der Waals surface area contributed by atoms with Gasteiger partial charge in [0.25, 0.3) is 0 Å². The van der Waals surface area contributed by atoms with E-state index in [1.807, 2.05) is 30.3 Å². The minimum absolute atomic E-state index is 0.262. The lowest BCUT2D eigenvalue weighted by Crippen LogP contribution is -2.26. The minimum Gasteiger partial charge on any atom is -0.385 e. The van der Waals surface area contributed by atoms with Gasteiger partial charge in [-0.05, 0) is 18.4 Å². The molecule has 1 heterocycles. The number of epoxide rings is 1. The molecule has 1 aliphatic carbocycles. The van der Waals surface area contributed by atoms with Crippen molar-refractivity contribution in [1.29, 1.82) is 0 Å². The molecule has 0 spiro atoms. The quantitative estimate of drug-likeness (QED) is 0.794. The number of benzene rings is 1. The predicted molar refractivity (Wildman–Crippen MR) is 66.7 cm³/mol. The fraction of sp³-hybridized carbons (Fsp3) is 0.600. The number of aliphatic hydroxyl groups excluding tert-OH is 1. The first-order valence-electron chi connectivity index (χ1n) is 6.74. The molecule has 0 amide bonds. The van der Waals surface area contributed by atoms with Crippen LogP contribution in [0.3, 0.4) is 0 Å². The summed E-state index contributed by atoms with van der Waals surface area (Å²) in [5.41, 5.74) is 0.734. The molecule has 3 rings (SSSR count). The minimum atomic E-state index is -0.452. The Morgan fingerprint density at radius 2 is 1.88 bits per heavy atom. The lowest BCUT2D eigenvalue weighted by atomic mass is 9.84. The normalized spacial score (nSPS) is 34.3. The van der Waals surface area contributed by atoms with Crippen LogP contribution in [0, 0.1) is 0 Å². The van der Waals surface area contributed by atoms with Gasteiger partial charge in [-0.1, -0.05) is 56.0 Å². The number of hydrogen-bond donors (Lipinski definition) is 1. The third-order valence-corrected chi connectivity index (χ3v) is 4.21. The summed E-state index contributed by atoms with van der Waals surface area (Å²) in [6, 6.07) is 9.94. The first-order chi connectivity index (χ1) is 8.33. The van der Waals surface area contributed by atoms with Gasteiger partial charge < -0.3 is 9.84 Å². The van der Waals surface area contributed by atoms with Gasteiger partial charge in [-0.15, -0.1) is 0 Å².